The zero-order valence-electron chi connectivity index (χ0n) is 11.6. The molecule has 1 N–H and O–H groups in total. The first-order chi connectivity index (χ1) is 9.00. The second kappa shape index (κ2) is 5.43. The number of hydrogen-bond acceptors (Lipinski definition) is 2. The first kappa shape index (κ1) is 13.6. The van der Waals surface area contributed by atoms with Crippen LogP contribution in [-0.2, 0) is 9.59 Å². The van der Waals surface area contributed by atoms with E-state index < -0.39 is 6.04 Å². The number of piperazine rings is 1. The van der Waals surface area contributed by atoms with Gasteiger partial charge in [0.1, 0.15) is 12.6 Å². The molecule has 102 valence electrons. The van der Waals surface area contributed by atoms with Crippen molar-refractivity contribution >= 4 is 11.8 Å². The summed E-state index contributed by atoms with van der Waals surface area (Å²) in [5, 5.41) is 2.77. The Hall–Kier alpha value is -1.84. The lowest BCUT2D eigenvalue weighted by Crippen LogP contribution is -2.60. The van der Waals surface area contributed by atoms with Crippen LogP contribution in [0.4, 0.5) is 0 Å². The van der Waals surface area contributed by atoms with Crippen molar-refractivity contribution < 1.29 is 9.59 Å². The van der Waals surface area contributed by atoms with Crippen molar-refractivity contribution in [2.24, 2.45) is 5.92 Å². The predicted octanol–water partition coefficient (Wildman–Crippen LogP) is 1.73. The SMILES string of the molecule is CC(C)C1NC(=O)CN(C(C)c2ccccc2)C1=O. The van der Waals surface area contributed by atoms with E-state index in [2.05, 4.69) is 5.32 Å². The van der Waals surface area contributed by atoms with Gasteiger partial charge >= 0.3 is 0 Å². The number of rotatable bonds is 3. The quantitative estimate of drug-likeness (QED) is 0.899. The van der Waals surface area contributed by atoms with E-state index in [1.54, 1.807) is 4.90 Å². The van der Waals surface area contributed by atoms with Crippen LogP contribution in [0, 0.1) is 5.92 Å². The highest BCUT2D eigenvalue weighted by molar-refractivity contribution is 5.95. The third kappa shape index (κ3) is 2.78. The van der Waals surface area contributed by atoms with Crippen LogP contribution < -0.4 is 5.32 Å². The van der Waals surface area contributed by atoms with Crippen molar-refractivity contribution in [3.05, 3.63) is 35.9 Å². The third-order valence-corrected chi connectivity index (χ3v) is 3.60. The molecule has 4 nitrogen and oxygen atoms in total. The van der Waals surface area contributed by atoms with E-state index in [-0.39, 0.29) is 30.3 Å². The Bertz CT molecular complexity index is 470. The number of benzene rings is 1. The third-order valence-electron chi connectivity index (χ3n) is 3.60. The molecule has 0 radical (unpaired) electrons. The molecular formula is C15H20N2O2. The molecule has 2 unspecified atom stereocenters. The molecule has 1 heterocycles. The van der Waals surface area contributed by atoms with Crippen molar-refractivity contribution in [1.29, 1.82) is 0 Å². The Balaban J connectivity index is 2.23. The molecule has 1 aliphatic heterocycles. The highest BCUT2D eigenvalue weighted by Gasteiger charge is 2.36. The largest absolute Gasteiger partial charge is 0.343 e. The molecule has 1 fully saturated rings. The maximum atomic E-state index is 12.4. The molecule has 2 rings (SSSR count). The van der Waals surface area contributed by atoms with Crippen LogP contribution in [0.5, 0.6) is 0 Å². The van der Waals surface area contributed by atoms with Gasteiger partial charge in [-0.2, -0.15) is 0 Å². The van der Waals surface area contributed by atoms with Crippen LogP contribution in [0.25, 0.3) is 0 Å². The van der Waals surface area contributed by atoms with Crippen LogP contribution >= 0.6 is 0 Å². The molecular weight excluding hydrogens is 240 g/mol. The number of hydrogen-bond donors (Lipinski definition) is 1. The van der Waals surface area contributed by atoms with Crippen molar-refractivity contribution in [1.82, 2.24) is 10.2 Å². The summed E-state index contributed by atoms with van der Waals surface area (Å²) in [5.41, 5.74) is 1.05. The van der Waals surface area contributed by atoms with Gasteiger partial charge in [0.2, 0.25) is 11.8 Å². The lowest BCUT2D eigenvalue weighted by molar-refractivity contribution is -0.147. The molecule has 0 saturated carbocycles. The highest BCUT2D eigenvalue weighted by atomic mass is 16.2. The number of nitrogens with one attached hydrogen (secondary N) is 1. The molecule has 19 heavy (non-hydrogen) atoms. The van der Waals surface area contributed by atoms with E-state index in [0.717, 1.165) is 5.56 Å². The smallest absolute Gasteiger partial charge is 0.246 e. The molecule has 0 aliphatic carbocycles. The zero-order chi connectivity index (χ0) is 14.0. The average molecular weight is 260 g/mol. The summed E-state index contributed by atoms with van der Waals surface area (Å²) < 4.78 is 0. The number of carbonyl (C=O) groups excluding carboxylic acids is 2. The highest BCUT2D eigenvalue weighted by Crippen LogP contribution is 2.23. The van der Waals surface area contributed by atoms with Crippen LogP contribution in [0.2, 0.25) is 0 Å². The Labute approximate surface area is 113 Å². The monoisotopic (exact) mass is 260 g/mol. The molecule has 4 heteroatoms. The van der Waals surface area contributed by atoms with Crippen molar-refractivity contribution in [2.45, 2.75) is 32.9 Å². The molecule has 1 aliphatic rings. The summed E-state index contributed by atoms with van der Waals surface area (Å²) in [6.45, 7) is 5.99. The minimum absolute atomic E-state index is 0.00551. The van der Waals surface area contributed by atoms with E-state index in [9.17, 15) is 9.59 Å². The molecule has 0 spiro atoms. The van der Waals surface area contributed by atoms with Crippen LogP contribution in [0.15, 0.2) is 30.3 Å². The summed E-state index contributed by atoms with van der Waals surface area (Å²) in [7, 11) is 0. The van der Waals surface area contributed by atoms with Gasteiger partial charge in [0, 0.05) is 0 Å². The van der Waals surface area contributed by atoms with Gasteiger partial charge in [0.05, 0.1) is 6.04 Å². The van der Waals surface area contributed by atoms with Crippen molar-refractivity contribution in [3.8, 4) is 0 Å². The lowest BCUT2D eigenvalue weighted by atomic mass is 9.98. The first-order valence-corrected chi connectivity index (χ1v) is 6.65. The van der Waals surface area contributed by atoms with Gasteiger partial charge in [-0.25, -0.2) is 0 Å². The summed E-state index contributed by atoms with van der Waals surface area (Å²) >= 11 is 0. The van der Waals surface area contributed by atoms with Gasteiger partial charge in [-0.15, -0.1) is 0 Å². The topological polar surface area (TPSA) is 49.4 Å². The fraction of sp³-hybridized carbons (Fsp3) is 0.467. The van der Waals surface area contributed by atoms with Gasteiger partial charge < -0.3 is 10.2 Å². The van der Waals surface area contributed by atoms with Gasteiger partial charge in [0.25, 0.3) is 0 Å². The number of nitrogens with zero attached hydrogens (tertiary/aromatic N) is 1. The molecule has 0 aromatic heterocycles. The van der Waals surface area contributed by atoms with Crippen molar-refractivity contribution in [2.75, 3.05) is 6.54 Å². The Morgan fingerprint density at radius 1 is 1.16 bits per heavy atom. The average Bonchev–Trinajstić information content (AvgIpc) is 2.41. The fourth-order valence-electron chi connectivity index (χ4n) is 2.38. The van der Waals surface area contributed by atoms with E-state index >= 15 is 0 Å². The number of amides is 2. The Kier molecular flexibility index (Phi) is 3.88. The maximum absolute atomic E-state index is 12.4. The summed E-state index contributed by atoms with van der Waals surface area (Å²) in [6.07, 6.45) is 0. The van der Waals surface area contributed by atoms with Crippen LogP contribution in [0.1, 0.15) is 32.4 Å². The minimum atomic E-state index is -0.410. The summed E-state index contributed by atoms with van der Waals surface area (Å²) in [6, 6.07) is 9.30. The molecule has 1 saturated heterocycles. The molecule has 1 aromatic carbocycles. The maximum Gasteiger partial charge on any atom is 0.246 e. The second-order valence-corrected chi connectivity index (χ2v) is 5.34. The fourth-order valence-corrected chi connectivity index (χ4v) is 2.38. The van der Waals surface area contributed by atoms with Gasteiger partial charge in [0.15, 0.2) is 0 Å². The number of carbonyl (C=O) groups is 2. The van der Waals surface area contributed by atoms with Crippen LogP contribution in [-0.4, -0.2) is 29.3 Å². The van der Waals surface area contributed by atoms with Crippen molar-refractivity contribution in [3.63, 3.8) is 0 Å². The summed E-state index contributed by atoms with van der Waals surface area (Å²) in [4.78, 5) is 25.9. The molecule has 0 bridgehead atoms. The normalized spacial score (nSPS) is 21.5. The van der Waals surface area contributed by atoms with Crippen LogP contribution in [0.3, 0.4) is 0 Å². The van der Waals surface area contributed by atoms with Gasteiger partial charge in [-0.3, -0.25) is 9.59 Å². The Morgan fingerprint density at radius 2 is 1.79 bits per heavy atom. The lowest BCUT2D eigenvalue weighted by Gasteiger charge is -2.38. The van der Waals surface area contributed by atoms with Gasteiger partial charge in [-0.05, 0) is 18.4 Å². The molecule has 2 atom stereocenters. The summed E-state index contributed by atoms with van der Waals surface area (Å²) in [5.74, 6) is 0.0225. The zero-order valence-corrected chi connectivity index (χ0v) is 11.6. The van der Waals surface area contributed by atoms with E-state index in [1.165, 1.54) is 0 Å². The first-order valence-electron chi connectivity index (χ1n) is 6.65. The second-order valence-electron chi connectivity index (χ2n) is 5.34. The predicted molar refractivity (Wildman–Crippen MR) is 73.3 cm³/mol. The van der Waals surface area contributed by atoms with E-state index in [4.69, 9.17) is 0 Å². The standard InChI is InChI=1S/C15H20N2O2/c1-10(2)14-15(19)17(9-13(18)16-14)11(3)12-7-5-4-6-8-12/h4-8,10-11,14H,9H2,1-3H3,(H,16,18). The van der Waals surface area contributed by atoms with E-state index in [1.807, 2.05) is 51.1 Å². The van der Waals surface area contributed by atoms with E-state index in [0.29, 0.717) is 0 Å². The van der Waals surface area contributed by atoms with Gasteiger partial charge in [-0.1, -0.05) is 44.2 Å². The molecule has 2 amide bonds. The minimum Gasteiger partial charge on any atom is -0.343 e. The Morgan fingerprint density at radius 3 is 2.37 bits per heavy atom. The molecule has 1 aromatic rings.